The molecule has 10 heteroatoms. The Morgan fingerprint density at radius 2 is 1.82 bits per heavy atom. The smallest absolute Gasteiger partial charge is 0.252 e. The molecule has 0 saturated heterocycles. The Bertz CT molecular complexity index is 662. The van der Waals surface area contributed by atoms with Crippen LogP contribution in [0, 0.1) is 0 Å². The van der Waals surface area contributed by atoms with Crippen molar-refractivity contribution in [3.63, 3.8) is 0 Å². The largest absolute Gasteiger partial charge is 0.382 e. The van der Waals surface area contributed by atoms with Gasteiger partial charge in [0, 0.05) is 51.3 Å². The highest BCUT2D eigenvalue weighted by molar-refractivity contribution is 14.0. The molecule has 0 unspecified atom stereocenters. The zero-order chi connectivity index (χ0) is 20.1. The second kappa shape index (κ2) is 15.4. The maximum atomic E-state index is 12.5. The van der Waals surface area contributed by atoms with E-state index in [-0.39, 0.29) is 24.0 Å². The highest BCUT2D eigenvalue weighted by atomic mass is 127. The summed E-state index contributed by atoms with van der Waals surface area (Å²) in [7, 11) is -1.62. The van der Waals surface area contributed by atoms with Gasteiger partial charge >= 0.3 is 0 Å². The number of guanidine groups is 1. The molecule has 1 heterocycles. The van der Waals surface area contributed by atoms with Gasteiger partial charge in [-0.15, -0.1) is 35.3 Å². The maximum absolute atomic E-state index is 12.5. The van der Waals surface area contributed by atoms with Gasteiger partial charge in [0.1, 0.15) is 4.21 Å². The van der Waals surface area contributed by atoms with E-state index >= 15 is 0 Å². The fourth-order valence-corrected chi connectivity index (χ4v) is 5.49. The number of hydrogen-bond acceptors (Lipinski definition) is 5. The summed E-state index contributed by atoms with van der Waals surface area (Å²) in [5.74, 6) is 0.763. The Morgan fingerprint density at radius 3 is 2.43 bits per heavy atom. The highest BCUT2D eigenvalue weighted by Crippen LogP contribution is 2.25. The molecule has 0 aliphatic heterocycles. The summed E-state index contributed by atoms with van der Waals surface area (Å²) in [6.45, 7) is 9.78. The van der Waals surface area contributed by atoms with Crippen LogP contribution >= 0.6 is 35.3 Å². The molecule has 164 valence electrons. The van der Waals surface area contributed by atoms with Gasteiger partial charge in [-0.3, -0.25) is 4.99 Å². The zero-order valence-corrected chi connectivity index (χ0v) is 21.3. The number of nitrogens with zero attached hydrogens (tertiary/aromatic N) is 2. The first-order valence-corrected chi connectivity index (χ1v) is 11.9. The molecule has 0 atom stereocenters. The molecule has 1 aromatic rings. The van der Waals surface area contributed by atoms with Crippen molar-refractivity contribution in [3.05, 3.63) is 17.0 Å². The fourth-order valence-electron chi connectivity index (χ4n) is 2.53. The summed E-state index contributed by atoms with van der Waals surface area (Å²) in [4.78, 5) is 5.25. The van der Waals surface area contributed by atoms with Gasteiger partial charge in [-0.25, -0.2) is 8.42 Å². The van der Waals surface area contributed by atoms with Gasteiger partial charge < -0.3 is 15.4 Å². The molecule has 0 saturated carbocycles. The number of halogens is 1. The zero-order valence-electron chi connectivity index (χ0n) is 17.4. The molecule has 0 radical (unpaired) electrons. The molecule has 0 aliphatic rings. The standard InChI is InChI=1S/C18H34N4O3S2.HI/c1-5-22(6-2)27(23,24)17-11-10-16(26-17)12-14-21-18(19-4)20-13-8-9-15-25-7-3;/h10-11H,5-9,12-15H2,1-4H3,(H2,19,20,21);1H. The van der Waals surface area contributed by atoms with E-state index in [1.165, 1.54) is 15.6 Å². The maximum Gasteiger partial charge on any atom is 0.252 e. The number of hydrogen-bond donors (Lipinski definition) is 2. The fraction of sp³-hybridized carbons (Fsp3) is 0.722. The SMILES string of the molecule is CCOCCCCNC(=NC)NCCc1ccc(S(=O)(=O)N(CC)CC)s1.I. The van der Waals surface area contributed by atoms with E-state index in [1.807, 2.05) is 26.8 Å². The Balaban J connectivity index is 0.00000729. The van der Waals surface area contributed by atoms with E-state index in [2.05, 4.69) is 15.6 Å². The normalized spacial score (nSPS) is 12.1. The number of ether oxygens (including phenoxy) is 1. The average Bonchev–Trinajstić information content (AvgIpc) is 3.13. The topological polar surface area (TPSA) is 83.0 Å². The lowest BCUT2D eigenvalue weighted by Crippen LogP contribution is -2.38. The predicted octanol–water partition coefficient (Wildman–Crippen LogP) is 2.92. The number of unbranched alkanes of at least 4 members (excludes halogenated alkanes) is 1. The number of nitrogens with one attached hydrogen (secondary N) is 2. The summed E-state index contributed by atoms with van der Waals surface area (Å²) in [6, 6.07) is 3.60. The van der Waals surface area contributed by atoms with Crippen molar-refractivity contribution in [2.24, 2.45) is 4.99 Å². The molecule has 7 nitrogen and oxygen atoms in total. The molecular weight excluding hydrogens is 511 g/mol. The van der Waals surface area contributed by atoms with E-state index in [1.54, 1.807) is 13.1 Å². The van der Waals surface area contributed by atoms with Crippen LogP contribution in [0.4, 0.5) is 0 Å². The molecular formula is C18H35IN4O3S2. The van der Waals surface area contributed by atoms with Crippen LogP contribution in [-0.2, 0) is 21.2 Å². The van der Waals surface area contributed by atoms with E-state index in [9.17, 15) is 8.42 Å². The van der Waals surface area contributed by atoms with Gasteiger partial charge in [-0.2, -0.15) is 4.31 Å². The van der Waals surface area contributed by atoms with E-state index in [4.69, 9.17) is 4.74 Å². The van der Waals surface area contributed by atoms with Crippen LogP contribution in [-0.4, -0.2) is 65.1 Å². The lowest BCUT2D eigenvalue weighted by atomic mass is 10.3. The van der Waals surface area contributed by atoms with Crippen LogP contribution in [0.15, 0.2) is 21.3 Å². The van der Waals surface area contributed by atoms with Crippen LogP contribution in [0.3, 0.4) is 0 Å². The third-order valence-corrected chi connectivity index (χ3v) is 7.70. The van der Waals surface area contributed by atoms with Crippen molar-refractivity contribution in [1.29, 1.82) is 0 Å². The average molecular weight is 547 g/mol. The monoisotopic (exact) mass is 546 g/mol. The molecule has 0 spiro atoms. The first-order valence-electron chi connectivity index (χ1n) is 9.60. The Labute approximate surface area is 191 Å². The van der Waals surface area contributed by atoms with Crippen LogP contribution in [0.1, 0.15) is 38.5 Å². The van der Waals surface area contributed by atoms with Crippen molar-refractivity contribution in [2.45, 2.75) is 44.2 Å². The van der Waals surface area contributed by atoms with Gasteiger partial charge in [-0.1, -0.05) is 13.8 Å². The second-order valence-electron chi connectivity index (χ2n) is 5.89. The molecule has 0 aromatic carbocycles. The molecule has 2 N–H and O–H groups in total. The van der Waals surface area contributed by atoms with Crippen LogP contribution in [0.5, 0.6) is 0 Å². The Hall–Kier alpha value is -0.430. The van der Waals surface area contributed by atoms with Crippen LogP contribution in [0.2, 0.25) is 0 Å². The van der Waals surface area contributed by atoms with Crippen molar-refractivity contribution >= 4 is 51.3 Å². The number of rotatable bonds is 13. The van der Waals surface area contributed by atoms with Gasteiger partial charge in [-0.05, 0) is 38.3 Å². The van der Waals surface area contributed by atoms with Gasteiger partial charge in [0.05, 0.1) is 0 Å². The molecule has 0 fully saturated rings. The lowest BCUT2D eigenvalue weighted by molar-refractivity contribution is 0.143. The highest BCUT2D eigenvalue weighted by Gasteiger charge is 2.23. The minimum absolute atomic E-state index is 0. The summed E-state index contributed by atoms with van der Waals surface area (Å²) in [6.07, 6.45) is 2.80. The van der Waals surface area contributed by atoms with Gasteiger partial charge in [0.15, 0.2) is 5.96 Å². The summed E-state index contributed by atoms with van der Waals surface area (Å²) in [5, 5.41) is 6.54. The number of thiophene rings is 1. The van der Waals surface area contributed by atoms with Crippen LogP contribution < -0.4 is 10.6 Å². The molecule has 1 aromatic heterocycles. The van der Waals surface area contributed by atoms with Gasteiger partial charge in [0.25, 0.3) is 10.0 Å². The van der Waals surface area contributed by atoms with E-state index in [0.29, 0.717) is 23.8 Å². The quantitative estimate of drug-likeness (QED) is 0.172. The van der Waals surface area contributed by atoms with E-state index < -0.39 is 10.0 Å². The number of aliphatic imine (C=N–C) groups is 1. The first-order chi connectivity index (χ1) is 13.0. The van der Waals surface area contributed by atoms with Gasteiger partial charge in [0.2, 0.25) is 0 Å². The van der Waals surface area contributed by atoms with E-state index in [0.717, 1.165) is 49.9 Å². The third kappa shape index (κ3) is 9.38. The first kappa shape index (κ1) is 27.6. The Morgan fingerprint density at radius 1 is 1.14 bits per heavy atom. The van der Waals surface area contributed by atoms with Crippen molar-refractivity contribution in [2.75, 3.05) is 46.4 Å². The summed E-state index contributed by atoms with van der Waals surface area (Å²) >= 11 is 1.34. The minimum atomic E-state index is -3.36. The molecule has 0 amide bonds. The molecule has 1 rings (SSSR count). The third-order valence-electron chi connectivity index (χ3n) is 4.04. The van der Waals surface area contributed by atoms with Crippen molar-refractivity contribution < 1.29 is 13.2 Å². The lowest BCUT2D eigenvalue weighted by Gasteiger charge is -2.16. The minimum Gasteiger partial charge on any atom is -0.382 e. The van der Waals surface area contributed by atoms with Crippen LogP contribution in [0.25, 0.3) is 0 Å². The molecule has 28 heavy (non-hydrogen) atoms. The Kier molecular flexibility index (Phi) is 15.2. The second-order valence-corrected chi connectivity index (χ2v) is 9.22. The predicted molar refractivity (Wildman–Crippen MR) is 129 cm³/mol. The molecule has 0 aliphatic carbocycles. The van der Waals surface area contributed by atoms with Crippen molar-refractivity contribution in [3.8, 4) is 0 Å². The summed E-state index contributed by atoms with van der Waals surface area (Å²) in [5.41, 5.74) is 0. The van der Waals surface area contributed by atoms with Crippen molar-refractivity contribution in [1.82, 2.24) is 14.9 Å². The number of sulfonamides is 1. The summed E-state index contributed by atoms with van der Waals surface area (Å²) < 4.78 is 32.3. The molecule has 0 bridgehead atoms.